The molecule has 29 heavy (non-hydrogen) atoms. The van der Waals surface area contributed by atoms with E-state index in [4.69, 9.17) is 4.74 Å². The zero-order valence-corrected chi connectivity index (χ0v) is 16.2. The fraction of sp³-hybridized carbons (Fsp3) is 0.348. The van der Waals surface area contributed by atoms with Gasteiger partial charge in [-0.3, -0.25) is 19.3 Å². The molecule has 3 amide bonds. The van der Waals surface area contributed by atoms with Crippen LogP contribution in [0.15, 0.2) is 54.6 Å². The topological polar surface area (TPSA) is 75.7 Å². The maximum atomic E-state index is 12.7. The average Bonchev–Trinajstić information content (AvgIpc) is 3.29. The molecule has 1 saturated heterocycles. The van der Waals surface area contributed by atoms with Crippen LogP contribution in [0, 0.1) is 5.41 Å². The summed E-state index contributed by atoms with van der Waals surface area (Å²) in [6.45, 7) is 0.235. The number of anilines is 1. The number of benzene rings is 2. The highest BCUT2D eigenvalue weighted by atomic mass is 16.5. The number of amides is 3. The Morgan fingerprint density at radius 3 is 2.38 bits per heavy atom. The minimum absolute atomic E-state index is 0.181. The van der Waals surface area contributed by atoms with Gasteiger partial charge in [-0.05, 0) is 42.7 Å². The van der Waals surface area contributed by atoms with Crippen LogP contribution in [0.4, 0.5) is 5.69 Å². The van der Waals surface area contributed by atoms with Gasteiger partial charge in [0.05, 0.1) is 5.41 Å². The van der Waals surface area contributed by atoms with Crippen molar-refractivity contribution < 1.29 is 19.1 Å². The molecule has 2 aliphatic rings. The molecular formula is C23H24N2O4. The molecule has 6 nitrogen and oxygen atoms in total. The van der Waals surface area contributed by atoms with Crippen molar-refractivity contribution in [2.75, 3.05) is 11.9 Å². The molecule has 1 aliphatic carbocycles. The monoisotopic (exact) mass is 392 g/mol. The lowest BCUT2D eigenvalue weighted by Gasteiger charge is -2.20. The summed E-state index contributed by atoms with van der Waals surface area (Å²) in [5, 5.41) is 2.75. The van der Waals surface area contributed by atoms with Gasteiger partial charge in [0.1, 0.15) is 18.9 Å². The normalized spacial score (nSPS) is 17.7. The number of hydrogen-bond acceptors (Lipinski definition) is 4. The van der Waals surface area contributed by atoms with Gasteiger partial charge in [-0.25, -0.2) is 0 Å². The molecule has 2 aromatic rings. The minimum atomic E-state index is -0.547. The maximum Gasteiger partial charge on any atom is 0.244 e. The van der Waals surface area contributed by atoms with Crippen LogP contribution < -0.4 is 10.1 Å². The van der Waals surface area contributed by atoms with E-state index in [2.05, 4.69) is 5.32 Å². The number of nitrogens with zero attached hydrogens (tertiary/aromatic N) is 1. The van der Waals surface area contributed by atoms with Crippen molar-refractivity contribution in [1.82, 2.24) is 4.90 Å². The molecule has 1 heterocycles. The highest BCUT2D eigenvalue weighted by Crippen LogP contribution is 2.46. The van der Waals surface area contributed by atoms with Gasteiger partial charge in [0.15, 0.2) is 0 Å². The third kappa shape index (κ3) is 4.16. The first kappa shape index (κ1) is 19.2. The van der Waals surface area contributed by atoms with Crippen molar-refractivity contribution in [2.24, 2.45) is 5.41 Å². The second-order valence-corrected chi connectivity index (χ2v) is 7.80. The molecule has 1 spiro atoms. The van der Waals surface area contributed by atoms with Crippen LogP contribution in [0.5, 0.6) is 5.75 Å². The summed E-state index contributed by atoms with van der Waals surface area (Å²) in [4.78, 5) is 38.4. The van der Waals surface area contributed by atoms with E-state index in [0.717, 1.165) is 36.1 Å². The molecule has 2 fully saturated rings. The van der Waals surface area contributed by atoms with E-state index in [9.17, 15) is 14.4 Å². The van der Waals surface area contributed by atoms with Crippen molar-refractivity contribution in [3.63, 3.8) is 0 Å². The second-order valence-electron chi connectivity index (χ2n) is 7.80. The number of rotatable bonds is 6. The van der Waals surface area contributed by atoms with Crippen molar-refractivity contribution in [3.8, 4) is 5.75 Å². The van der Waals surface area contributed by atoms with Crippen molar-refractivity contribution in [3.05, 3.63) is 60.2 Å². The Kier molecular flexibility index (Phi) is 5.34. The SMILES string of the molecule is O=C(CN1C(=O)CC2(CCCC2)C1=O)Nc1ccc(OCc2ccccc2)cc1. The van der Waals surface area contributed by atoms with Gasteiger partial charge in [-0.2, -0.15) is 0 Å². The van der Waals surface area contributed by atoms with Crippen LogP contribution >= 0.6 is 0 Å². The Hall–Kier alpha value is -3.15. The smallest absolute Gasteiger partial charge is 0.244 e. The molecule has 0 atom stereocenters. The summed E-state index contributed by atoms with van der Waals surface area (Å²) < 4.78 is 5.73. The van der Waals surface area contributed by atoms with Crippen LogP contribution in [-0.4, -0.2) is 29.2 Å². The van der Waals surface area contributed by atoms with Crippen LogP contribution in [0.25, 0.3) is 0 Å². The quantitative estimate of drug-likeness (QED) is 0.763. The largest absolute Gasteiger partial charge is 0.489 e. The van der Waals surface area contributed by atoms with E-state index >= 15 is 0 Å². The fourth-order valence-corrected chi connectivity index (χ4v) is 4.18. The second kappa shape index (κ2) is 8.07. The molecule has 150 valence electrons. The van der Waals surface area contributed by atoms with E-state index in [-0.39, 0.29) is 30.7 Å². The zero-order valence-electron chi connectivity index (χ0n) is 16.2. The molecule has 1 saturated carbocycles. The highest BCUT2D eigenvalue weighted by Gasteiger charge is 2.52. The first-order valence-corrected chi connectivity index (χ1v) is 9.97. The molecule has 1 aliphatic heterocycles. The van der Waals surface area contributed by atoms with E-state index in [1.807, 2.05) is 30.3 Å². The maximum absolute atomic E-state index is 12.7. The van der Waals surface area contributed by atoms with Gasteiger partial charge in [0, 0.05) is 12.1 Å². The molecule has 2 aromatic carbocycles. The number of carbonyl (C=O) groups excluding carboxylic acids is 3. The number of likely N-dealkylation sites (tertiary alicyclic amines) is 1. The zero-order chi connectivity index (χ0) is 20.3. The van der Waals surface area contributed by atoms with Crippen molar-refractivity contribution in [1.29, 1.82) is 0 Å². The van der Waals surface area contributed by atoms with Crippen molar-refractivity contribution >= 4 is 23.4 Å². The summed E-state index contributed by atoms with van der Waals surface area (Å²) >= 11 is 0. The average molecular weight is 392 g/mol. The first-order chi connectivity index (χ1) is 14.1. The van der Waals surface area contributed by atoms with Crippen LogP contribution in [-0.2, 0) is 21.0 Å². The third-order valence-corrected chi connectivity index (χ3v) is 5.74. The van der Waals surface area contributed by atoms with E-state index in [1.54, 1.807) is 24.3 Å². The van der Waals surface area contributed by atoms with Crippen LogP contribution in [0.1, 0.15) is 37.7 Å². The van der Waals surface area contributed by atoms with Crippen LogP contribution in [0.2, 0.25) is 0 Å². The van der Waals surface area contributed by atoms with Gasteiger partial charge in [0.2, 0.25) is 17.7 Å². The molecule has 0 radical (unpaired) electrons. The molecule has 1 N–H and O–H groups in total. The summed E-state index contributed by atoms with van der Waals surface area (Å²) in [7, 11) is 0. The molecule has 0 unspecified atom stereocenters. The van der Waals surface area contributed by atoms with Gasteiger partial charge < -0.3 is 10.1 Å². The van der Waals surface area contributed by atoms with Gasteiger partial charge in [-0.1, -0.05) is 43.2 Å². The molecule has 0 aromatic heterocycles. The Bertz CT molecular complexity index is 902. The Morgan fingerprint density at radius 2 is 1.69 bits per heavy atom. The van der Waals surface area contributed by atoms with Crippen LogP contribution in [0.3, 0.4) is 0 Å². The van der Waals surface area contributed by atoms with E-state index in [0.29, 0.717) is 18.0 Å². The van der Waals surface area contributed by atoms with Gasteiger partial charge in [0.25, 0.3) is 0 Å². The standard InChI is InChI=1S/C23H24N2O4/c26-20(15-25-21(27)14-23(22(25)28)12-4-5-13-23)24-18-8-10-19(11-9-18)29-16-17-6-2-1-3-7-17/h1-3,6-11H,4-5,12-16H2,(H,24,26). The minimum Gasteiger partial charge on any atom is -0.489 e. The highest BCUT2D eigenvalue weighted by molar-refractivity contribution is 6.09. The summed E-state index contributed by atoms with van der Waals surface area (Å²) in [6.07, 6.45) is 3.68. The summed E-state index contributed by atoms with van der Waals surface area (Å²) in [5.41, 5.74) is 1.12. The summed E-state index contributed by atoms with van der Waals surface area (Å²) in [6, 6.07) is 16.9. The van der Waals surface area contributed by atoms with E-state index < -0.39 is 5.41 Å². The van der Waals surface area contributed by atoms with Gasteiger partial charge >= 0.3 is 0 Å². The predicted molar refractivity (Wildman–Crippen MR) is 108 cm³/mol. The lowest BCUT2D eigenvalue weighted by Crippen LogP contribution is -2.39. The van der Waals surface area contributed by atoms with E-state index in [1.165, 1.54) is 0 Å². The first-order valence-electron chi connectivity index (χ1n) is 9.97. The number of ether oxygens (including phenoxy) is 1. The molecular weight excluding hydrogens is 368 g/mol. The third-order valence-electron chi connectivity index (χ3n) is 5.74. The lowest BCUT2D eigenvalue weighted by atomic mass is 9.84. The number of nitrogens with one attached hydrogen (secondary N) is 1. The molecule has 0 bridgehead atoms. The Labute approximate surface area is 169 Å². The molecule has 4 rings (SSSR count). The Morgan fingerprint density at radius 1 is 1.00 bits per heavy atom. The van der Waals surface area contributed by atoms with Gasteiger partial charge in [-0.15, -0.1) is 0 Å². The fourth-order valence-electron chi connectivity index (χ4n) is 4.18. The van der Waals surface area contributed by atoms with Crippen molar-refractivity contribution in [2.45, 2.75) is 38.7 Å². The lowest BCUT2D eigenvalue weighted by molar-refractivity contribution is -0.143. The number of imide groups is 1. The number of hydrogen-bond donors (Lipinski definition) is 1. The summed E-state index contributed by atoms with van der Waals surface area (Å²) in [5.74, 6) is -0.101. The Balaban J connectivity index is 1.30. The molecule has 6 heteroatoms. The predicted octanol–water partition coefficient (Wildman–Crippen LogP) is 3.52. The number of carbonyl (C=O) groups is 3.